The summed E-state index contributed by atoms with van der Waals surface area (Å²) in [4.78, 5) is 34.6. The second-order valence-electron chi connectivity index (χ2n) is 8.15. The van der Waals surface area contributed by atoms with Crippen LogP contribution in [0.5, 0.6) is 11.5 Å². The monoisotopic (exact) mass is 564 g/mol. The Bertz CT molecular complexity index is 1460. The second-order valence-corrected chi connectivity index (χ2v) is 10.0. The van der Waals surface area contributed by atoms with E-state index in [0.29, 0.717) is 49.7 Å². The van der Waals surface area contributed by atoms with Gasteiger partial charge in [-0.1, -0.05) is 53.9 Å². The molecule has 0 saturated heterocycles. The maximum absolute atomic E-state index is 12.9. The number of carbonyl (C=O) groups is 2. The van der Waals surface area contributed by atoms with Gasteiger partial charge in [-0.3, -0.25) is 9.59 Å². The zero-order chi connectivity index (χ0) is 27.2. The highest BCUT2D eigenvalue weighted by atomic mass is 32.2. The van der Waals surface area contributed by atoms with Crippen LogP contribution in [-0.2, 0) is 9.59 Å². The lowest BCUT2D eigenvalue weighted by Gasteiger charge is -2.21. The van der Waals surface area contributed by atoms with E-state index < -0.39 is 6.17 Å². The molecule has 39 heavy (non-hydrogen) atoms. The summed E-state index contributed by atoms with van der Waals surface area (Å²) < 4.78 is 22.1. The van der Waals surface area contributed by atoms with E-state index in [9.17, 15) is 9.59 Å². The Balaban J connectivity index is 1.26. The Labute approximate surface area is 231 Å². The topological polar surface area (TPSA) is 129 Å². The van der Waals surface area contributed by atoms with Crippen molar-refractivity contribution in [2.45, 2.75) is 16.6 Å². The van der Waals surface area contributed by atoms with Gasteiger partial charge in [0, 0.05) is 0 Å². The van der Waals surface area contributed by atoms with Crippen LogP contribution < -0.4 is 20.1 Å². The van der Waals surface area contributed by atoms with Crippen LogP contribution in [0.15, 0.2) is 86.0 Å². The fourth-order valence-corrected chi connectivity index (χ4v) is 5.02. The number of methoxy groups -OCH3 is 2. The number of fused-ring (bicyclic) bond motifs is 2. The van der Waals surface area contributed by atoms with Crippen molar-refractivity contribution in [1.29, 1.82) is 0 Å². The molecule has 10 nitrogen and oxygen atoms in total. The molecule has 0 aliphatic heterocycles. The van der Waals surface area contributed by atoms with Crippen LogP contribution in [0.3, 0.4) is 0 Å². The summed E-state index contributed by atoms with van der Waals surface area (Å²) in [6.07, 6.45) is -0.835. The molecule has 2 heterocycles. The van der Waals surface area contributed by atoms with E-state index in [1.807, 2.05) is 48.5 Å². The molecule has 0 atom stereocenters. The number of thioether (sulfide) groups is 2. The van der Waals surface area contributed by atoms with Crippen LogP contribution in [0.2, 0.25) is 0 Å². The maximum Gasteiger partial charge on any atom is 0.257 e. The van der Waals surface area contributed by atoms with Crippen molar-refractivity contribution >= 4 is 57.5 Å². The average molecular weight is 565 g/mol. The lowest BCUT2D eigenvalue weighted by atomic mass is 10.1. The first kappa shape index (κ1) is 26.4. The molecule has 0 radical (unpaired) electrons. The van der Waals surface area contributed by atoms with E-state index in [-0.39, 0.29) is 23.3 Å². The molecule has 0 aliphatic carbocycles. The largest absolute Gasteiger partial charge is 0.493 e. The third-order valence-corrected chi connectivity index (χ3v) is 7.21. The number of oxazole rings is 2. The molecule has 0 unspecified atom stereocenters. The summed E-state index contributed by atoms with van der Waals surface area (Å²) in [5.74, 6) is 0.401. The lowest BCUT2D eigenvalue weighted by molar-refractivity contribution is -0.121. The third-order valence-electron chi connectivity index (χ3n) is 5.55. The standard InChI is InChI=1S/C27H24N4O6S2/c1-34-21-12-11-16(13-22(21)35-2)25(30-23(32)14-38-26-28-17-7-3-5-9-19(17)36-26)31-24(33)15-39-27-29-18-8-4-6-10-20(18)37-27/h3-13,25H,14-15H2,1-2H3,(H,30,32)(H,31,33). The van der Waals surface area contributed by atoms with E-state index in [2.05, 4.69) is 20.6 Å². The second kappa shape index (κ2) is 12.1. The number of hydrogen-bond acceptors (Lipinski definition) is 10. The van der Waals surface area contributed by atoms with Crippen molar-refractivity contribution in [3.05, 3.63) is 72.3 Å². The summed E-state index contributed by atoms with van der Waals surface area (Å²) in [6, 6.07) is 19.9. The van der Waals surface area contributed by atoms with Gasteiger partial charge >= 0.3 is 0 Å². The van der Waals surface area contributed by atoms with Crippen LogP contribution in [0.4, 0.5) is 0 Å². The van der Waals surface area contributed by atoms with E-state index in [1.54, 1.807) is 18.2 Å². The van der Waals surface area contributed by atoms with Gasteiger partial charge in [0.05, 0.1) is 25.7 Å². The number of benzene rings is 3. The number of para-hydroxylation sites is 4. The van der Waals surface area contributed by atoms with Crippen molar-refractivity contribution in [2.75, 3.05) is 25.7 Å². The smallest absolute Gasteiger partial charge is 0.257 e. The van der Waals surface area contributed by atoms with Gasteiger partial charge in [-0.15, -0.1) is 0 Å². The Hall–Kier alpha value is -4.16. The van der Waals surface area contributed by atoms with Crippen LogP contribution in [-0.4, -0.2) is 47.5 Å². The number of carbonyl (C=O) groups excluding carboxylic acids is 2. The van der Waals surface area contributed by atoms with Crippen molar-refractivity contribution in [3.8, 4) is 11.5 Å². The molecule has 2 amide bonds. The van der Waals surface area contributed by atoms with E-state index in [4.69, 9.17) is 18.3 Å². The van der Waals surface area contributed by atoms with Gasteiger partial charge in [0.15, 0.2) is 22.7 Å². The van der Waals surface area contributed by atoms with Gasteiger partial charge < -0.3 is 28.9 Å². The normalized spacial score (nSPS) is 11.2. The van der Waals surface area contributed by atoms with Crippen molar-refractivity contribution in [1.82, 2.24) is 20.6 Å². The zero-order valence-corrected chi connectivity index (χ0v) is 22.6. The third kappa shape index (κ3) is 6.47. The summed E-state index contributed by atoms with van der Waals surface area (Å²) in [6.45, 7) is 0. The summed E-state index contributed by atoms with van der Waals surface area (Å²) in [5, 5.41) is 6.51. The first-order valence-electron chi connectivity index (χ1n) is 11.8. The molecule has 200 valence electrons. The Kier molecular flexibility index (Phi) is 8.23. The number of nitrogens with one attached hydrogen (secondary N) is 2. The first-order valence-corrected chi connectivity index (χ1v) is 13.8. The van der Waals surface area contributed by atoms with Crippen LogP contribution in [0.1, 0.15) is 11.7 Å². The molecule has 12 heteroatoms. The van der Waals surface area contributed by atoms with Crippen LogP contribution in [0, 0.1) is 0 Å². The Morgan fingerprint density at radius 2 is 1.28 bits per heavy atom. The number of amides is 2. The molecular weight excluding hydrogens is 540 g/mol. The number of ether oxygens (including phenoxy) is 2. The first-order chi connectivity index (χ1) is 19.0. The molecule has 5 rings (SSSR count). The van der Waals surface area contributed by atoms with Crippen molar-refractivity contribution in [3.63, 3.8) is 0 Å². The average Bonchev–Trinajstić information content (AvgIpc) is 3.58. The molecule has 5 aromatic rings. The highest BCUT2D eigenvalue weighted by molar-refractivity contribution is 8.00. The molecule has 3 aromatic carbocycles. The fourth-order valence-electron chi connectivity index (χ4n) is 3.72. The number of rotatable bonds is 11. The zero-order valence-electron chi connectivity index (χ0n) is 21.0. The van der Waals surface area contributed by atoms with E-state index in [0.717, 1.165) is 23.5 Å². The van der Waals surface area contributed by atoms with Gasteiger partial charge in [0.25, 0.3) is 10.4 Å². The summed E-state index contributed by atoms with van der Waals surface area (Å²) in [5.41, 5.74) is 3.33. The van der Waals surface area contributed by atoms with Gasteiger partial charge in [-0.25, -0.2) is 9.97 Å². The molecule has 2 aromatic heterocycles. The van der Waals surface area contributed by atoms with Gasteiger partial charge in [0.2, 0.25) is 11.8 Å². The molecule has 0 aliphatic rings. The Morgan fingerprint density at radius 1 is 0.769 bits per heavy atom. The van der Waals surface area contributed by atoms with Gasteiger partial charge in [0.1, 0.15) is 17.2 Å². The number of nitrogens with zero attached hydrogens (tertiary/aromatic N) is 2. The van der Waals surface area contributed by atoms with Crippen LogP contribution >= 0.6 is 23.5 Å². The summed E-state index contributed by atoms with van der Waals surface area (Å²) in [7, 11) is 3.05. The molecule has 0 spiro atoms. The fraction of sp³-hybridized carbons (Fsp3) is 0.185. The minimum Gasteiger partial charge on any atom is -0.493 e. The minimum absolute atomic E-state index is 0.0319. The van der Waals surface area contributed by atoms with Crippen LogP contribution in [0.25, 0.3) is 22.2 Å². The number of aromatic nitrogens is 2. The van der Waals surface area contributed by atoms with E-state index >= 15 is 0 Å². The molecule has 0 bridgehead atoms. The highest BCUT2D eigenvalue weighted by Gasteiger charge is 2.21. The van der Waals surface area contributed by atoms with E-state index in [1.165, 1.54) is 14.2 Å². The molecular formula is C27H24N4O6S2. The predicted molar refractivity (Wildman–Crippen MR) is 148 cm³/mol. The van der Waals surface area contributed by atoms with Gasteiger partial charge in [-0.2, -0.15) is 0 Å². The Morgan fingerprint density at radius 3 is 1.77 bits per heavy atom. The lowest BCUT2D eigenvalue weighted by Crippen LogP contribution is -2.42. The molecule has 0 saturated carbocycles. The SMILES string of the molecule is COc1ccc(C(NC(=O)CSc2nc3ccccc3o2)NC(=O)CSc2nc3ccccc3o2)cc1OC. The summed E-state index contributed by atoms with van der Waals surface area (Å²) >= 11 is 2.32. The quantitative estimate of drug-likeness (QED) is 0.170. The minimum atomic E-state index is -0.835. The number of hydrogen-bond donors (Lipinski definition) is 2. The van der Waals surface area contributed by atoms with Crippen molar-refractivity contribution in [2.24, 2.45) is 0 Å². The molecule has 2 N–H and O–H groups in total. The van der Waals surface area contributed by atoms with Crippen molar-refractivity contribution < 1.29 is 27.9 Å². The molecule has 0 fully saturated rings. The van der Waals surface area contributed by atoms with Gasteiger partial charge in [-0.05, 0) is 42.0 Å². The highest BCUT2D eigenvalue weighted by Crippen LogP contribution is 2.30. The predicted octanol–water partition coefficient (Wildman–Crippen LogP) is 4.80. The maximum atomic E-state index is 12.9.